The van der Waals surface area contributed by atoms with Crippen molar-refractivity contribution >= 4 is 0 Å². The highest BCUT2D eigenvalue weighted by Crippen LogP contribution is 2.19. The second-order valence-corrected chi connectivity index (χ2v) is 3.68. The van der Waals surface area contributed by atoms with E-state index >= 15 is 0 Å². The third-order valence-corrected chi connectivity index (χ3v) is 2.46. The van der Waals surface area contributed by atoms with Crippen molar-refractivity contribution in [3.63, 3.8) is 0 Å². The molecule has 0 spiro atoms. The van der Waals surface area contributed by atoms with Crippen LogP contribution in [-0.4, -0.2) is 33.2 Å². The number of hydrogen-bond donors (Lipinski definition) is 0. The molecule has 0 aliphatic heterocycles. The van der Waals surface area contributed by atoms with E-state index in [4.69, 9.17) is 14.2 Å². The fourth-order valence-corrected chi connectivity index (χ4v) is 1.64. The number of ether oxygens (including phenoxy) is 3. The Morgan fingerprint density at radius 1 is 1.07 bits per heavy atom. The van der Waals surface area contributed by atoms with E-state index in [1.165, 1.54) is 32.1 Å². The molecule has 0 atom stereocenters. The lowest BCUT2D eigenvalue weighted by atomic mass is 9.98. The largest absolute Gasteiger partial charge is 0.372 e. The average Bonchev–Trinajstić information content (AvgIpc) is 2.29. The summed E-state index contributed by atoms with van der Waals surface area (Å²) >= 11 is 0. The van der Waals surface area contributed by atoms with Crippen molar-refractivity contribution in [1.82, 2.24) is 0 Å². The van der Waals surface area contributed by atoms with Crippen molar-refractivity contribution in [2.24, 2.45) is 0 Å². The van der Waals surface area contributed by atoms with E-state index in [0.717, 1.165) is 0 Å². The summed E-state index contributed by atoms with van der Waals surface area (Å²) in [4.78, 5) is 0. The van der Waals surface area contributed by atoms with Gasteiger partial charge in [0.25, 0.3) is 0 Å². The van der Waals surface area contributed by atoms with E-state index in [1.807, 2.05) is 0 Å². The van der Waals surface area contributed by atoms with Gasteiger partial charge in [-0.2, -0.15) is 0 Å². The summed E-state index contributed by atoms with van der Waals surface area (Å²) < 4.78 is 15.6. The van der Waals surface area contributed by atoms with Crippen LogP contribution in [0.1, 0.15) is 32.1 Å². The Morgan fingerprint density at radius 3 is 2.53 bits per heavy atom. The van der Waals surface area contributed by atoms with Crippen LogP contribution in [0.4, 0.5) is 0 Å². The van der Waals surface area contributed by atoms with Gasteiger partial charge in [0.2, 0.25) is 0 Å². The van der Waals surface area contributed by atoms with Gasteiger partial charge >= 0.3 is 0 Å². The minimum atomic E-state index is 0.367. The third kappa shape index (κ3) is 6.51. The Labute approximate surface area is 92.1 Å². The first kappa shape index (κ1) is 12.5. The van der Waals surface area contributed by atoms with Gasteiger partial charge in [-0.15, -0.1) is 0 Å². The van der Waals surface area contributed by atoms with Crippen LogP contribution in [0.15, 0.2) is 0 Å². The molecule has 0 aromatic heterocycles. The SMILES string of the molecule is COCC#CCOCOC1CCCCC1. The summed E-state index contributed by atoms with van der Waals surface area (Å²) in [6.07, 6.45) is 6.70. The molecule has 0 unspecified atom stereocenters. The molecule has 86 valence electrons. The lowest BCUT2D eigenvalue weighted by Gasteiger charge is -2.21. The highest BCUT2D eigenvalue weighted by molar-refractivity contribution is 4.98. The van der Waals surface area contributed by atoms with Crippen molar-refractivity contribution in [2.45, 2.75) is 38.2 Å². The molecule has 0 aromatic carbocycles. The summed E-state index contributed by atoms with van der Waals surface area (Å²) in [5, 5.41) is 0. The van der Waals surface area contributed by atoms with Crippen LogP contribution in [0, 0.1) is 11.8 Å². The van der Waals surface area contributed by atoms with Gasteiger partial charge < -0.3 is 14.2 Å². The lowest BCUT2D eigenvalue weighted by Crippen LogP contribution is -2.18. The molecule has 3 nitrogen and oxygen atoms in total. The lowest BCUT2D eigenvalue weighted by molar-refractivity contribution is -0.0901. The predicted molar refractivity (Wildman–Crippen MR) is 58.4 cm³/mol. The first-order valence-electron chi connectivity index (χ1n) is 5.57. The van der Waals surface area contributed by atoms with Crippen molar-refractivity contribution in [3.8, 4) is 11.8 Å². The smallest absolute Gasteiger partial charge is 0.148 e. The molecular formula is C12H20O3. The maximum atomic E-state index is 5.57. The molecule has 0 aromatic rings. The maximum Gasteiger partial charge on any atom is 0.148 e. The fourth-order valence-electron chi connectivity index (χ4n) is 1.64. The van der Waals surface area contributed by atoms with Crippen LogP contribution in [0.5, 0.6) is 0 Å². The Bertz CT molecular complexity index is 199. The van der Waals surface area contributed by atoms with Gasteiger partial charge in [-0.05, 0) is 12.8 Å². The normalized spacial score (nSPS) is 17.1. The van der Waals surface area contributed by atoms with Crippen LogP contribution in [0.25, 0.3) is 0 Å². The first-order valence-corrected chi connectivity index (χ1v) is 5.57. The molecule has 0 N–H and O–H groups in total. The molecule has 1 saturated carbocycles. The summed E-state index contributed by atoms with van der Waals surface area (Å²) in [5.41, 5.74) is 0. The van der Waals surface area contributed by atoms with Gasteiger partial charge in [0, 0.05) is 7.11 Å². The van der Waals surface area contributed by atoms with Crippen molar-refractivity contribution in [1.29, 1.82) is 0 Å². The van der Waals surface area contributed by atoms with Crippen LogP contribution in [0.2, 0.25) is 0 Å². The van der Waals surface area contributed by atoms with Gasteiger partial charge in [0.05, 0.1) is 6.10 Å². The second-order valence-electron chi connectivity index (χ2n) is 3.68. The zero-order chi connectivity index (χ0) is 10.8. The van der Waals surface area contributed by atoms with E-state index < -0.39 is 0 Å². The minimum absolute atomic E-state index is 0.367. The predicted octanol–water partition coefficient (Wildman–Crippen LogP) is 1.96. The molecule has 15 heavy (non-hydrogen) atoms. The summed E-state index contributed by atoms with van der Waals surface area (Å²) in [6.45, 7) is 1.26. The molecule has 1 aliphatic rings. The van der Waals surface area contributed by atoms with Crippen molar-refractivity contribution in [3.05, 3.63) is 0 Å². The van der Waals surface area contributed by atoms with Crippen LogP contribution >= 0.6 is 0 Å². The van der Waals surface area contributed by atoms with Crippen molar-refractivity contribution < 1.29 is 14.2 Å². The van der Waals surface area contributed by atoms with Crippen LogP contribution in [-0.2, 0) is 14.2 Å². The van der Waals surface area contributed by atoms with E-state index in [-0.39, 0.29) is 0 Å². The summed E-state index contributed by atoms with van der Waals surface area (Å²) in [6, 6.07) is 0. The van der Waals surface area contributed by atoms with Crippen LogP contribution in [0.3, 0.4) is 0 Å². The van der Waals surface area contributed by atoms with Gasteiger partial charge in [-0.3, -0.25) is 0 Å². The Balaban J connectivity index is 1.90. The molecule has 0 bridgehead atoms. The van der Waals surface area contributed by atoms with E-state index in [1.54, 1.807) is 7.11 Å². The maximum absolute atomic E-state index is 5.57. The zero-order valence-corrected chi connectivity index (χ0v) is 9.46. The molecule has 1 rings (SSSR count). The van der Waals surface area contributed by atoms with Gasteiger partial charge in [0.15, 0.2) is 0 Å². The van der Waals surface area contributed by atoms with Gasteiger partial charge in [-0.1, -0.05) is 31.1 Å². The Hall–Kier alpha value is -0.560. The molecule has 1 aliphatic carbocycles. The fraction of sp³-hybridized carbons (Fsp3) is 0.833. The van der Waals surface area contributed by atoms with Gasteiger partial charge in [0.1, 0.15) is 20.0 Å². The molecular weight excluding hydrogens is 192 g/mol. The first-order chi connectivity index (χ1) is 7.43. The second kappa shape index (κ2) is 8.72. The third-order valence-electron chi connectivity index (χ3n) is 2.46. The highest BCUT2D eigenvalue weighted by Gasteiger charge is 2.12. The summed E-state index contributed by atoms with van der Waals surface area (Å²) in [7, 11) is 1.63. The Kier molecular flexibility index (Phi) is 7.28. The monoisotopic (exact) mass is 212 g/mol. The quantitative estimate of drug-likeness (QED) is 0.396. The van der Waals surface area contributed by atoms with E-state index in [2.05, 4.69) is 11.8 Å². The number of rotatable bonds is 5. The molecule has 1 fully saturated rings. The average molecular weight is 212 g/mol. The van der Waals surface area contributed by atoms with E-state index in [0.29, 0.717) is 26.1 Å². The highest BCUT2D eigenvalue weighted by atomic mass is 16.7. The van der Waals surface area contributed by atoms with Crippen molar-refractivity contribution in [2.75, 3.05) is 27.1 Å². The summed E-state index contributed by atoms with van der Waals surface area (Å²) in [5.74, 6) is 5.67. The number of hydrogen-bond acceptors (Lipinski definition) is 3. The molecule has 0 amide bonds. The minimum Gasteiger partial charge on any atom is -0.372 e. The molecule has 3 heteroatoms. The molecule has 0 heterocycles. The zero-order valence-electron chi connectivity index (χ0n) is 9.46. The number of methoxy groups -OCH3 is 1. The standard InChI is InChI=1S/C12H20O3/c1-13-9-5-6-10-14-11-15-12-7-3-2-4-8-12/h12H,2-4,7-11H2,1H3. The van der Waals surface area contributed by atoms with Gasteiger partial charge in [-0.25, -0.2) is 0 Å². The van der Waals surface area contributed by atoms with E-state index in [9.17, 15) is 0 Å². The molecule has 0 radical (unpaired) electrons. The topological polar surface area (TPSA) is 27.7 Å². The Morgan fingerprint density at radius 2 is 1.80 bits per heavy atom. The van der Waals surface area contributed by atoms with Crippen LogP contribution < -0.4 is 0 Å². The molecule has 0 saturated heterocycles.